The molecule has 0 fully saturated rings. The third-order valence-electron chi connectivity index (χ3n) is 2.04. The second-order valence-electron chi connectivity index (χ2n) is 3.00. The van der Waals surface area contributed by atoms with Gasteiger partial charge in [0.15, 0.2) is 0 Å². The summed E-state index contributed by atoms with van der Waals surface area (Å²) in [6.07, 6.45) is 0. The van der Waals surface area contributed by atoms with Crippen molar-refractivity contribution in [3.8, 4) is 5.75 Å². The second kappa shape index (κ2) is 4.56. The van der Waals surface area contributed by atoms with Crippen LogP contribution in [0, 0.1) is 0 Å². The van der Waals surface area contributed by atoms with Crippen molar-refractivity contribution in [1.82, 2.24) is 0 Å². The van der Waals surface area contributed by atoms with Crippen LogP contribution in [0.5, 0.6) is 5.75 Å². The number of benzene rings is 2. The van der Waals surface area contributed by atoms with E-state index in [0.29, 0.717) is 5.75 Å². The van der Waals surface area contributed by atoms with Crippen LogP contribution in [0.4, 0.5) is 4.20 Å². The monoisotopic (exact) mass is 224 g/mol. The Bertz CT molecular complexity index is 461. The van der Waals surface area contributed by atoms with Crippen LogP contribution in [0.2, 0.25) is 0 Å². The fraction of sp³-hybridized carbons (Fsp3) is 0.0909. The Labute approximate surface area is 88.7 Å². The van der Waals surface area contributed by atoms with Gasteiger partial charge in [-0.05, 0) is 22.9 Å². The lowest BCUT2D eigenvalue weighted by Crippen LogP contribution is -1.84. The standard InChI is InChI=1S/C11H10FO2P/c1-13-15(12)14-11-7-6-9-4-2-3-5-10(9)8-11/h2-8H,1H3. The number of halogens is 1. The van der Waals surface area contributed by atoms with Crippen LogP contribution in [-0.4, -0.2) is 7.11 Å². The highest BCUT2D eigenvalue weighted by atomic mass is 31.2. The minimum absolute atomic E-state index is 0.490. The van der Waals surface area contributed by atoms with Crippen molar-refractivity contribution in [2.75, 3.05) is 7.11 Å². The van der Waals surface area contributed by atoms with Gasteiger partial charge in [0.2, 0.25) is 0 Å². The van der Waals surface area contributed by atoms with Crippen LogP contribution in [0.15, 0.2) is 42.5 Å². The summed E-state index contributed by atoms with van der Waals surface area (Å²) in [5.41, 5.74) is 0. The molecule has 0 saturated carbocycles. The first-order chi connectivity index (χ1) is 7.29. The molecule has 1 unspecified atom stereocenters. The number of hydrogen-bond donors (Lipinski definition) is 0. The fourth-order valence-electron chi connectivity index (χ4n) is 1.34. The van der Waals surface area contributed by atoms with Crippen molar-refractivity contribution < 1.29 is 13.2 Å². The molecule has 0 aliphatic carbocycles. The largest absolute Gasteiger partial charge is 0.438 e. The van der Waals surface area contributed by atoms with Crippen molar-refractivity contribution in [3.05, 3.63) is 42.5 Å². The Hall–Kier alpha value is -1.18. The zero-order valence-corrected chi connectivity index (χ0v) is 9.08. The normalized spacial score (nSPS) is 12.7. The van der Waals surface area contributed by atoms with E-state index in [4.69, 9.17) is 4.52 Å². The van der Waals surface area contributed by atoms with Gasteiger partial charge in [0.25, 0.3) is 0 Å². The molecule has 0 aliphatic heterocycles. The molecule has 78 valence electrons. The SMILES string of the molecule is COP(F)Oc1ccc2ccccc2c1. The fourth-order valence-corrected chi connectivity index (χ4v) is 1.70. The van der Waals surface area contributed by atoms with Crippen LogP contribution < -0.4 is 4.52 Å². The molecule has 2 aromatic rings. The van der Waals surface area contributed by atoms with Crippen LogP contribution >= 0.6 is 8.69 Å². The van der Waals surface area contributed by atoms with E-state index in [-0.39, 0.29) is 0 Å². The lowest BCUT2D eigenvalue weighted by Gasteiger charge is -2.07. The predicted octanol–water partition coefficient (Wildman–Crippen LogP) is 4.06. The predicted molar refractivity (Wildman–Crippen MR) is 59.6 cm³/mol. The van der Waals surface area contributed by atoms with E-state index in [1.807, 2.05) is 30.3 Å². The molecule has 1 atom stereocenters. The highest BCUT2D eigenvalue weighted by Gasteiger charge is 2.08. The van der Waals surface area contributed by atoms with Gasteiger partial charge in [-0.15, -0.1) is 4.20 Å². The molecule has 4 heteroatoms. The maximum atomic E-state index is 12.8. The maximum absolute atomic E-state index is 12.8. The van der Waals surface area contributed by atoms with E-state index in [2.05, 4.69) is 4.52 Å². The summed E-state index contributed by atoms with van der Waals surface area (Å²) in [6, 6.07) is 13.3. The molecule has 0 radical (unpaired) electrons. The van der Waals surface area contributed by atoms with Crippen molar-refractivity contribution in [3.63, 3.8) is 0 Å². The summed E-state index contributed by atoms with van der Waals surface area (Å²) in [4.78, 5) is 0. The first kappa shape index (κ1) is 10.3. The van der Waals surface area contributed by atoms with E-state index >= 15 is 0 Å². The van der Waals surface area contributed by atoms with E-state index in [9.17, 15) is 4.20 Å². The Balaban J connectivity index is 2.30. The summed E-state index contributed by atoms with van der Waals surface area (Å²) in [6.45, 7) is 0. The molecule has 0 heterocycles. The van der Waals surface area contributed by atoms with Gasteiger partial charge < -0.3 is 9.05 Å². The van der Waals surface area contributed by atoms with Crippen LogP contribution in [0.1, 0.15) is 0 Å². The Kier molecular flexibility index (Phi) is 3.14. The molecule has 0 aromatic heterocycles. The van der Waals surface area contributed by atoms with Crippen LogP contribution in [0.25, 0.3) is 10.8 Å². The smallest absolute Gasteiger partial charge is 0.424 e. The Morgan fingerprint density at radius 2 is 1.80 bits per heavy atom. The van der Waals surface area contributed by atoms with Gasteiger partial charge in [-0.25, -0.2) is 0 Å². The van der Waals surface area contributed by atoms with Crippen molar-refractivity contribution in [2.24, 2.45) is 0 Å². The van der Waals surface area contributed by atoms with Gasteiger partial charge in [0, 0.05) is 7.11 Å². The molecular weight excluding hydrogens is 214 g/mol. The molecule has 0 aliphatic rings. The minimum atomic E-state index is -2.31. The third kappa shape index (κ3) is 2.44. The lowest BCUT2D eigenvalue weighted by molar-refractivity contribution is 0.357. The summed E-state index contributed by atoms with van der Waals surface area (Å²) in [7, 11) is -1.03. The first-order valence-electron chi connectivity index (χ1n) is 4.46. The van der Waals surface area contributed by atoms with Gasteiger partial charge in [0.1, 0.15) is 5.75 Å². The van der Waals surface area contributed by atoms with Crippen molar-refractivity contribution in [2.45, 2.75) is 0 Å². The summed E-state index contributed by atoms with van der Waals surface area (Å²) >= 11 is 0. The molecule has 0 bridgehead atoms. The third-order valence-corrected chi connectivity index (χ3v) is 2.68. The van der Waals surface area contributed by atoms with Gasteiger partial charge >= 0.3 is 8.69 Å². The van der Waals surface area contributed by atoms with E-state index < -0.39 is 8.69 Å². The highest BCUT2D eigenvalue weighted by Crippen LogP contribution is 2.40. The Morgan fingerprint density at radius 3 is 2.53 bits per heavy atom. The van der Waals surface area contributed by atoms with E-state index in [0.717, 1.165) is 10.8 Å². The van der Waals surface area contributed by atoms with Crippen LogP contribution in [-0.2, 0) is 4.52 Å². The summed E-state index contributed by atoms with van der Waals surface area (Å²) in [5, 5.41) is 2.12. The Morgan fingerprint density at radius 1 is 1.07 bits per heavy atom. The molecule has 2 aromatic carbocycles. The average molecular weight is 224 g/mol. The van der Waals surface area contributed by atoms with Gasteiger partial charge in [-0.3, -0.25) is 0 Å². The van der Waals surface area contributed by atoms with Crippen molar-refractivity contribution in [1.29, 1.82) is 0 Å². The number of rotatable bonds is 3. The quantitative estimate of drug-likeness (QED) is 0.732. The molecule has 0 saturated heterocycles. The lowest BCUT2D eigenvalue weighted by atomic mass is 10.1. The topological polar surface area (TPSA) is 18.5 Å². The number of hydrogen-bond acceptors (Lipinski definition) is 2. The molecule has 2 rings (SSSR count). The molecule has 15 heavy (non-hydrogen) atoms. The summed E-state index contributed by atoms with van der Waals surface area (Å²) in [5.74, 6) is 0.490. The highest BCUT2D eigenvalue weighted by molar-refractivity contribution is 7.41. The van der Waals surface area contributed by atoms with Gasteiger partial charge in [-0.2, -0.15) is 0 Å². The average Bonchev–Trinajstić information content (AvgIpc) is 2.29. The summed E-state index contributed by atoms with van der Waals surface area (Å²) < 4.78 is 22.2. The second-order valence-corrected chi connectivity index (χ2v) is 3.97. The zero-order valence-electron chi connectivity index (χ0n) is 8.18. The van der Waals surface area contributed by atoms with Gasteiger partial charge in [0.05, 0.1) is 0 Å². The minimum Gasteiger partial charge on any atom is -0.424 e. The molecule has 0 amide bonds. The first-order valence-corrected chi connectivity index (χ1v) is 5.53. The molecular formula is C11H10FO2P. The van der Waals surface area contributed by atoms with E-state index in [1.54, 1.807) is 12.1 Å². The van der Waals surface area contributed by atoms with Gasteiger partial charge in [-0.1, -0.05) is 30.3 Å². The maximum Gasteiger partial charge on any atom is 0.438 e. The van der Waals surface area contributed by atoms with Crippen molar-refractivity contribution >= 4 is 19.5 Å². The molecule has 0 spiro atoms. The zero-order chi connectivity index (χ0) is 10.7. The number of fused-ring (bicyclic) bond motifs is 1. The molecule has 2 nitrogen and oxygen atoms in total. The van der Waals surface area contributed by atoms with Crippen LogP contribution in [0.3, 0.4) is 0 Å². The molecule has 0 N–H and O–H groups in total. The van der Waals surface area contributed by atoms with E-state index in [1.165, 1.54) is 7.11 Å².